The molecule has 1 saturated heterocycles. The van der Waals surface area contributed by atoms with E-state index in [1.54, 1.807) is 21.6 Å². The number of aromatic nitrogens is 2. The zero-order chi connectivity index (χ0) is 18.5. The van der Waals surface area contributed by atoms with E-state index in [9.17, 15) is 9.59 Å². The zero-order valence-electron chi connectivity index (χ0n) is 15.2. The van der Waals surface area contributed by atoms with Crippen molar-refractivity contribution in [3.8, 4) is 0 Å². The van der Waals surface area contributed by atoms with Gasteiger partial charge < -0.3 is 20.1 Å². The Balaban J connectivity index is 1.71. The van der Waals surface area contributed by atoms with Crippen LogP contribution in [-0.4, -0.2) is 69.9 Å². The highest BCUT2D eigenvalue weighted by Gasteiger charge is 2.28. The summed E-state index contributed by atoms with van der Waals surface area (Å²) in [7, 11) is 0. The number of hydrogen-bond donors (Lipinski definition) is 2. The van der Waals surface area contributed by atoms with Crippen LogP contribution in [0.15, 0.2) is 24.3 Å². The van der Waals surface area contributed by atoms with E-state index >= 15 is 0 Å². The number of carbonyl (C=O) groups is 2. The number of hydrogen-bond acceptors (Lipinski definition) is 4. The first-order chi connectivity index (χ1) is 12.6. The molecule has 0 bridgehead atoms. The molecule has 1 aromatic heterocycles. The predicted molar refractivity (Wildman–Crippen MR) is 104 cm³/mol. The van der Waals surface area contributed by atoms with E-state index in [1.165, 1.54) is 0 Å². The maximum absolute atomic E-state index is 12.7. The van der Waals surface area contributed by atoms with Gasteiger partial charge in [0, 0.05) is 19.6 Å². The van der Waals surface area contributed by atoms with E-state index in [2.05, 4.69) is 15.3 Å². The van der Waals surface area contributed by atoms with Crippen molar-refractivity contribution in [2.75, 3.05) is 38.2 Å². The van der Waals surface area contributed by atoms with Gasteiger partial charge in [0.2, 0.25) is 5.91 Å². The highest BCUT2D eigenvalue weighted by Crippen LogP contribution is 2.20. The van der Waals surface area contributed by atoms with Gasteiger partial charge in [0.05, 0.1) is 17.1 Å². The molecule has 0 radical (unpaired) electrons. The second-order valence-corrected chi connectivity index (χ2v) is 7.30. The number of rotatable bonds is 6. The van der Waals surface area contributed by atoms with Gasteiger partial charge in [-0.05, 0) is 37.5 Å². The largest absolute Gasteiger partial charge is 0.340 e. The molecule has 1 aliphatic rings. The summed E-state index contributed by atoms with van der Waals surface area (Å²) in [6, 6.07) is 7.41. The summed E-state index contributed by atoms with van der Waals surface area (Å²) >= 11 is 1.73. The molecule has 3 rings (SSSR count). The highest BCUT2D eigenvalue weighted by atomic mass is 32.2. The molecule has 0 spiro atoms. The van der Waals surface area contributed by atoms with Crippen LogP contribution < -0.4 is 5.32 Å². The minimum absolute atomic E-state index is 0.00157. The first-order valence-electron chi connectivity index (χ1n) is 8.89. The fourth-order valence-corrected chi connectivity index (χ4v) is 3.58. The number of likely N-dealkylation sites (N-methyl/N-ethyl adjacent to an activating group) is 1. The maximum atomic E-state index is 12.7. The van der Waals surface area contributed by atoms with Crippen LogP contribution in [0.25, 0.3) is 11.0 Å². The molecule has 1 fully saturated rings. The second-order valence-electron chi connectivity index (χ2n) is 6.32. The Morgan fingerprint density at radius 1 is 1.38 bits per heavy atom. The smallest absolute Gasteiger partial charge is 0.318 e. The van der Waals surface area contributed by atoms with Crippen molar-refractivity contribution in [1.29, 1.82) is 0 Å². The van der Waals surface area contributed by atoms with E-state index < -0.39 is 0 Å². The number of urea groups is 1. The number of nitrogens with zero attached hydrogens (tertiary/aromatic N) is 3. The standard InChI is InChI=1S/C18H25N5O2S/c1-3-22-9-10-23(12-16(22)24)18(25)21-15(8-11-26-2)17-19-13-6-4-5-7-14(13)20-17/h4-7,15H,3,8-12H2,1-2H3,(H,19,20)(H,21,25)/t15-/m1/s1. The van der Waals surface area contributed by atoms with Gasteiger partial charge in [-0.15, -0.1) is 0 Å². The molecule has 0 unspecified atom stereocenters. The number of benzene rings is 1. The van der Waals surface area contributed by atoms with Crippen molar-refractivity contribution in [2.45, 2.75) is 19.4 Å². The van der Waals surface area contributed by atoms with Crippen molar-refractivity contribution in [3.05, 3.63) is 30.1 Å². The summed E-state index contributed by atoms with van der Waals surface area (Å²) in [4.78, 5) is 36.1. The number of fused-ring (bicyclic) bond motifs is 1. The molecule has 3 amide bonds. The predicted octanol–water partition coefficient (Wildman–Crippen LogP) is 2.23. The van der Waals surface area contributed by atoms with Crippen molar-refractivity contribution < 1.29 is 9.59 Å². The molecule has 26 heavy (non-hydrogen) atoms. The number of nitrogens with one attached hydrogen (secondary N) is 2. The number of piperazine rings is 1. The average molecular weight is 375 g/mol. The lowest BCUT2D eigenvalue weighted by Gasteiger charge is -2.34. The van der Waals surface area contributed by atoms with Gasteiger partial charge in [0.25, 0.3) is 0 Å². The van der Waals surface area contributed by atoms with Gasteiger partial charge in [-0.2, -0.15) is 11.8 Å². The molecule has 140 valence electrons. The average Bonchev–Trinajstić information content (AvgIpc) is 3.08. The normalized spacial score (nSPS) is 16.2. The van der Waals surface area contributed by atoms with Crippen molar-refractivity contribution >= 4 is 34.7 Å². The number of aromatic amines is 1. The third-order valence-electron chi connectivity index (χ3n) is 4.63. The number of imidazole rings is 1. The molecule has 7 nitrogen and oxygen atoms in total. The van der Waals surface area contributed by atoms with Crippen LogP contribution in [0.1, 0.15) is 25.2 Å². The molecule has 8 heteroatoms. The van der Waals surface area contributed by atoms with E-state index in [4.69, 9.17) is 0 Å². The van der Waals surface area contributed by atoms with Crippen molar-refractivity contribution in [2.24, 2.45) is 0 Å². The molecule has 2 heterocycles. The van der Waals surface area contributed by atoms with Crippen LogP contribution in [0.5, 0.6) is 0 Å². The minimum atomic E-state index is -0.208. The number of thioether (sulfide) groups is 1. The number of carbonyl (C=O) groups excluding carboxylic acids is 2. The summed E-state index contributed by atoms with van der Waals surface area (Å²) in [6.07, 6.45) is 2.82. The molecular formula is C18H25N5O2S. The van der Waals surface area contributed by atoms with Gasteiger partial charge in [-0.1, -0.05) is 12.1 Å². The third kappa shape index (κ3) is 4.12. The molecule has 0 saturated carbocycles. The van der Waals surface area contributed by atoms with Gasteiger partial charge in [-0.25, -0.2) is 9.78 Å². The summed E-state index contributed by atoms with van der Waals surface area (Å²) in [6.45, 7) is 3.91. The number of para-hydroxylation sites is 2. The zero-order valence-corrected chi connectivity index (χ0v) is 16.0. The molecule has 1 aliphatic heterocycles. The van der Waals surface area contributed by atoms with Crippen LogP contribution in [0.4, 0.5) is 4.79 Å². The second kappa shape index (κ2) is 8.44. The SMILES string of the molecule is CCN1CCN(C(=O)N[C@H](CCSC)c2nc3ccccc3[nH]2)CC1=O. The molecule has 0 aliphatic carbocycles. The van der Waals surface area contributed by atoms with Crippen molar-refractivity contribution in [3.63, 3.8) is 0 Å². The quantitative estimate of drug-likeness (QED) is 0.811. The van der Waals surface area contributed by atoms with Gasteiger partial charge >= 0.3 is 6.03 Å². The monoisotopic (exact) mass is 375 g/mol. The summed E-state index contributed by atoms with van der Waals surface area (Å²) in [5, 5.41) is 3.06. The van der Waals surface area contributed by atoms with Crippen LogP contribution >= 0.6 is 11.8 Å². The van der Waals surface area contributed by atoms with Crippen LogP contribution in [0, 0.1) is 0 Å². The van der Waals surface area contributed by atoms with E-state index in [0.29, 0.717) is 19.6 Å². The Bertz CT molecular complexity index is 745. The minimum Gasteiger partial charge on any atom is -0.340 e. The van der Waals surface area contributed by atoms with Gasteiger partial charge in [-0.3, -0.25) is 4.79 Å². The number of amides is 3. The fraction of sp³-hybridized carbons (Fsp3) is 0.500. The Hall–Kier alpha value is -2.22. The number of H-pyrrole nitrogens is 1. The first-order valence-corrected chi connectivity index (χ1v) is 10.3. The van der Waals surface area contributed by atoms with Crippen LogP contribution in [-0.2, 0) is 4.79 Å². The Labute approximate surface area is 157 Å². The van der Waals surface area contributed by atoms with E-state index in [0.717, 1.165) is 29.0 Å². The molecule has 1 atom stereocenters. The Kier molecular flexibility index (Phi) is 6.03. The maximum Gasteiger partial charge on any atom is 0.318 e. The molecular weight excluding hydrogens is 350 g/mol. The molecule has 2 N–H and O–H groups in total. The highest BCUT2D eigenvalue weighted by molar-refractivity contribution is 7.98. The Morgan fingerprint density at radius 3 is 2.88 bits per heavy atom. The lowest BCUT2D eigenvalue weighted by molar-refractivity contribution is -0.134. The topological polar surface area (TPSA) is 81.3 Å². The van der Waals surface area contributed by atoms with Crippen LogP contribution in [0.3, 0.4) is 0 Å². The van der Waals surface area contributed by atoms with E-state index in [-0.39, 0.29) is 24.5 Å². The third-order valence-corrected chi connectivity index (χ3v) is 5.28. The van der Waals surface area contributed by atoms with E-state index in [1.807, 2.05) is 37.4 Å². The van der Waals surface area contributed by atoms with Gasteiger partial charge in [0.1, 0.15) is 12.4 Å². The van der Waals surface area contributed by atoms with Crippen LogP contribution in [0.2, 0.25) is 0 Å². The Morgan fingerprint density at radius 2 is 2.19 bits per heavy atom. The lowest BCUT2D eigenvalue weighted by Crippen LogP contribution is -2.54. The first kappa shape index (κ1) is 18.6. The van der Waals surface area contributed by atoms with Gasteiger partial charge in [0.15, 0.2) is 0 Å². The fourth-order valence-electron chi connectivity index (χ4n) is 3.11. The summed E-state index contributed by atoms with van der Waals surface area (Å²) in [5.74, 6) is 1.66. The molecule has 2 aromatic rings. The molecule has 1 aromatic carbocycles. The summed E-state index contributed by atoms with van der Waals surface area (Å²) in [5.41, 5.74) is 1.84. The summed E-state index contributed by atoms with van der Waals surface area (Å²) < 4.78 is 0. The lowest BCUT2D eigenvalue weighted by atomic mass is 10.2. The van der Waals surface area contributed by atoms with Crippen molar-refractivity contribution in [1.82, 2.24) is 25.1 Å².